The van der Waals surface area contributed by atoms with Crippen LogP contribution in [-0.4, -0.2) is 56.4 Å². The third kappa shape index (κ3) is 5.27. The van der Waals surface area contributed by atoms with Gasteiger partial charge in [0.05, 0.1) is 18.4 Å². The van der Waals surface area contributed by atoms with E-state index in [1.54, 1.807) is 6.20 Å². The Morgan fingerprint density at radius 1 is 1.10 bits per heavy atom. The van der Waals surface area contributed by atoms with E-state index in [1.807, 2.05) is 18.2 Å². The van der Waals surface area contributed by atoms with Gasteiger partial charge in [0.25, 0.3) is 0 Å². The molecule has 4 heterocycles. The molecule has 0 bridgehead atoms. The van der Waals surface area contributed by atoms with Gasteiger partial charge in [-0.2, -0.15) is 4.98 Å². The van der Waals surface area contributed by atoms with Gasteiger partial charge in [0, 0.05) is 37.5 Å². The van der Waals surface area contributed by atoms with Crippen molar-refractivity contribution in [2.45, 2.75) is 56.8 Å². The monoisotopic (exact) mass is 441 g/mol. The normalized spacial score (nSPS) is 23.8. The predicted octanol–water partition coefficient (Wildman–Crippen LogP) is 2.82. The minimum absolute atomic E-state index is 0.187. The van der Waals surface area contributed by atoms with Gasteiger partial charge in [-0.15, -0.1) is 0 Å². The maximum absolute atomic E-state index is 9.78. The predicted molar refractivity (Wildman–Crippen MR) is 121 cm³/mol. The summed E-state index contributed by atoms with van der Waals surface area (Å²) in [5, 5.41) is 20.9. The Hall–Kier alpha value is -2.40. The minimum Gasteiger partial charge on any atom is -0.393 e. The average Bonchev–Trinajstić information content (AvgIpc) is 3.43. The minimum atomic E-state index is -0.187. The number of thiazole rings is 1. The van der Waals surface area contributed by atoms with Gasteiger partial charge in [-0.05, 0) is 44.2 Å². The first-order chi connectivity index (χ1) is 15.2. The van der Waals surface area contributed by atoms with Crippen LogP contribution in [0, 0.1) is 0 Å². The van der Waals surface area contributed by atoms with Gasteiger partial charge < -0.3 is 25.8 Å². The molecule has 2 fully saturated rings. The van der Waals surface area contributed by atoms with Crippen LogP contribution in [0.4, 0.5) is 16.9 Å². The number of rotatable bonds is 7. The van der Waals surface area contributed by atoms with Gasteiger partial charge in [-0.1, -0.05) is 11.3 Å². The maximum atomic E-state index is 9.78. The van der Waals surface area contributed by atoms with E-state index in [9.17, 15) is 5.11 Å². The standard InChI is InChI=1S/C21H27N7O2S/c29-16-5-3-13(4-6-16)24-20-25-15(11-23-14-7-9-30-12-14)10-18(27-20)28-21-26-17-2-1-8-22-19(17)31-21/h1-2,8,10,13-14,16,23,29H,3-7,9,11-12H2,(H2,24,25,26,27,28). The molecule has 1 aliphatic carbocycles. The molecule has 0 amide bonds. The molecule has 1 saturated carbocycles. The molecule has 0 spiro atoms. The molecule has 1 unspecified atom stereocenters. The highest BCUT2D eigenvalue weighted by molar-refractivity contribution is 7.21. The molecule has 3 aromatic rings. The van der Waals surface area contributed by atoms with Crippen LogP contribution < -0.4 is 16.0 Å². The Morgan fingerprint density at radius 2 is 2.00 bits per heavy atom. The van der Waals surface area contributed by atoms with E-state index in [2.05, 4.69) is 30.9 Å². The topological polar surface area (TPSA) is 117 Å². The summed E-state index contributed by atoms with van der Waals surface area (Å²) >= 11 is 1.50. The third-order valence-corrected chi connectivity index (χ3v) is 6.61. The Morgan fingerprint density at radius 3 is 2.81 bits per heavy atom. The highest BCUT2D eigenvalue weighted by atomic mass is 32.1. The summed E-state index contributed by atoms with van der Waals surface area (Å²) in [5.41, 5.74) is 1.77. The zero-order chi connectivity index (χ0) is 21.0. The second kappa shape index (κ2) is 9.39. The summed E-state index contributed by atoms with van der Waals surface area (Å²) < 4.78 is 5.46. The zero-order valence-corrected chi connectivity index (χ0v) is 18.1. The fourth-order valence-corrected chi connectivity index (χ4v) is 4.81. The number of pyridine rings is 1. The third-order valence-electron chi connectivity index (χ3n) is 5.71. The molecule has 0 radical (unpaired) electrons. The van der Waals surface area contributed by atoms with Crippen molar-refractivity contribution in [3.63, 3.8) is 0 Å². The van der Waals surface area contributed by atoms with Crippen LogP contribution in [0.15, 0.2) is 24.4 Å². The summed E-state index contributed by atoms with van der Waals surface area (Å²) in [6, 6.07) is 6.43. The number of aliphatic hydroxyl groups is 1. The fraction of sp³-hybridized carbons (Fsp3) is 0.524. The molecule has 9 nitrogen and oxygen atoms in total. The largest absolute Gasteiger partial charge is 0.393 e. The summed E-state index contributed by atoms with van der Waals surface area (Å²) in [5.74, 6) is 1.30. The Kier molecular flexibility index (Phi) is 6.21. The molecule has 10 heteroatoms. The fourth-order valence-electron chi connectivity index (χ4n) is 4.00. The molecule has 1 saturated heterocycles. The summed E-state index contributed by atoms with van der Waals surface area (Å²) in [6.07, 6.45) is 6.05. The van der Waals surface area contributed by atoms with Crippen LogP contribution in [0.3, 0.4) is 0 Å². The quantitative estimate of drug-likeness (QED) is 0.439. The molecule has 164 valence electrons. The van der Waals surface area contributed by atoms with Gasteiger partial charge in [0.15, 0.2) is 5.13 Å². The molecule has 3 aromatic heterocycles. The first kappa shape index (κ1) is 20.5. The first-order valence-corrected chi connectivity index (χ1v) is 11.7. The van der Waals surface area contributed by atoms with Gasteiger partial charge in [-0.3, -0.25) is 0 Å². The summed E-state index contributed by atoms with van der Waals surface area (Å²) in [6.45, 7) is 2.19. The highest BCUT2D eigenvalue weighted by Crippen LogP contribution is 2.27. The molecule has 0 aromatic carbocycles. The zero-order valence-electron chi connectivity index (χ0n) is 17.3. The smallest absolute Gasteiger partial charge is 0.225 e. The van der Waals surface area contributed by atoms with E-state index in [0.29, 0.717) is 24.4 Å². The molecule has 1 aliphatic heterocycles. The molecule has 31 heavy (non-hydrogen) atoms. The van der Waals surface area contributed by atoms with E-state index in [1.165, 1.54) is 11.3 Å². The van der Waals surface area contributed by atoms with Crippen molar-refractivity contribution in [2.24, 2.45) is 0 Å². The number of aromatic nitrogens is 4. The van der Waals surface area contributed by atoms with Crippen LogP contribution in [0.1, 0.15) is 37.8 Å². The number of anilines is 3. The second-order valence-electron chi connectivity index (χ2n) is 8.13. The second-order valence-corrected chi connectivity index (χ2v) is 9.11. The lowest BCUT2D eigenvalue weighted by atomic mass is 9.93. The van der Waals surface area contributed by atoms with Crippen LogP contribution in [0.5, 0.6) is 0 Å². The SMILES string of the molecule is OC1CCC(Nc2nc(CNC3CCOC3)cc(Nc3nc4cccnc4s3)n2)CC1. The molecule has 1 atom stereocenters. The molecular weight excluding hydrogens is 414 g/mol. The number of fused-ring (bicyclic) bond motifs is 1. The number of nitrogens with one attached hydrogen (secondary N) is 3. The van der Waals surface area contributed by atoms with Crippen molar-refractivity contribution >= 4 is 38.6 Å². The Labute approximate surface area is 184 Å². The van der Waals surface area contributed by atoms with Crippen LogP contribution in [0.2, 0.25) is 0 Å². The lowest BCUT2D eigenvalue weighted by Gasteiger charge is -2.26. The maximum Gasteiger partial charge on any atom is 0.225 e. The average molecular weight is 442 g/mol. The van der Waals surface area contributed by atoms with Crippen molar-refractivity contribution in [2.75, 3.05) is 23.8 Å². The number of aliphatic hydroxyl groups excluding tert-OH is 1. The lowest BCUT2D eigenvalue weighted by Crippen LogP contribution is -2.30. The number of nitrogens with zero attached hydrogens (tertiary/aromatic N) is 4. The van der Waals surface area contributed by atoms with Crippen molar-refractivity contribution < 1.29 is 9.84 Å². The number of hydrogen-bond acceptors (Lipinski definition) is 10. The van der Waals surface area contributed by atoms with Gasteiger partial charge >= 0.3 is 0 Å². The van der Waals surface area contributed by atoms with Crippen LogP contribution >= 0.6 is 11.3 Å². The van der Waals surface area contributed by atoms with E-state index in [-0.39, 0.29) is 12.1 Å². The highest BCUT2D eigenvalue weighted by Gasteiger charge is 2.21. The van der Waals surface area contributed by atoms with Gasteiger partial charge in [0.2, 0.25) is 5.95 Å². The van der Waals surface area contributed by atoms with Crippen LogP contribution in [0.25, 0.3) is 10.3 Å². The van der Waals surface area contributed by atoms with E-state index in [4.69, 9.17) is 9.72 Å². The number of hydrogen-bond donors (Lipinski definition) is 4. The van der Waals surface area contributed by atoms with Crippen molar-refractivity contribution in [1.29, 1.82) is 0 Å². The Bertz CT molecular complexity index is 983. The molecule has 4 N–H and O–H groups in total. The van der Waals surface area contributed by atoms with Gasteiger partial charge in [0.1, 0.15) is 16.2 Å². The molecule has 5 rings (SSSR count). The molecular formula is C21H27N7O2S. The number of ether oxygens (including phenoxy) is 1. The summed E-state index contributed by atoms with van der Waals surface area (Å²) in [7, 11) is 0. The van der Waals surface area contributed by atoms with Gasteiger partial charge in [-0.25, -0.2) is 15.0 Å². The van der Waals surface area contributed by atoms with E-state index >= 15 is 0 Å². The molecule has 2 aliphatic rings. The van der Waals surface area contributed by atoms with Crippen LogP contribution in [-0.2, 0) is 11.3 Å². The van der Waals surface area contributed by atoms with E-state index < -0.39 is 0 Å². The first-order valence-electron chi connectivity index (χ1n) is 10.8. The summed E-state index contributed by atoms with van der Waals surface area (Å²) in [4.78, 5) is 19.3. The van der Waals surface area contributed by atoms with Crippen molar-refractivity contribution in [3.8, 4) is 0 Å². The van der Waals surface area contributed by atoms with Crippen molar-refractivity contribution in [3.05, 3.63) is 30.1 Å². The van der Waals surface area contributed by atoms with Crippen molar-refractivity contribution in [1.82, 2.24) is 25.3 Å². The van der Waals surface area contributed by atoms with E-state index in [0.717, 1.165) is 66.5 Å². The lowest BCUT2D eigenvalue weighted by molar-refractivity contribution is 0.126. The Balaban J connectivity index is 1.34.